The van der Waals surface area contributed by atoms with Crippen LogP contribution in [0.4, 0.5) is 0 Å². The first kappa shape index (κ1) is 26.0. The number of halogens is 1. The van der Waals surface area contributed by atoms with E-state index in [-0.39, 0.29) is 30.5 Å². The molecule has 0 aliphatic rings. The molecule has 1 heterocycles. The number of hydrogen-bond acceptors (Lipinski definition) is 8. The van der Waals surface area contributed by atoms with E-state index in [9.17, 15) is 4.79 Å². The molecule has 9 nitrogen and oxygen atoms in total. The highest BCUT2D eigenvalue weighted by Gasteiger charge is 2.16. The van der Waals surface area contributed by atoms with E-state index in [4.69, 9.17) is 9.47 Å². The Balaban J connectivity index is 0.00000450. The Kier molecular flexibility index (Phi) is 10.9. The second-order valence-electron chi connectivity index (χ2n) is 7.50. The first-order valence-electron chi connectivity index (χ1n) is 9.45. The van der Waals surface area contributed by atoms with Gasteiger partial charge in [0.15, 0.2) is 18.1 Å². The van der Waals surface area contributed by atoms with Crippen molar-refractivity contribution in [2.24, 2.45) is 7.05 Å². The molecule has 168 valence electrons. The van der Waals surface area contributed by atoms with E-state index >= 15 is 0 Å². The summed E-state index contributed by atoms with van der Waals surface area (Å²) < 4.78 is 12.9. The lowest BCUT2D eigenvalue weighted by Crippen LogP contribution is -2.43. The first-order valence-corrected chi connectivity index (χ1v) is 10.4. The van der Waals surface area contributed by atoms with Crippen LogP contribution in [0.15, 0.2) is 23.4 Å². The zero-order valence-electron chi connectivity index (χ0n) is 18.1. The van der Waals surface area contributed by atoms with Gasteiger partial charge in [0.1, 0.15) is 0 Å². The summed E-state index contributed by atoms with van der Waals surface area (Å²) in [6.45, 7) is 7.18. The van der Waals surface area contributed by atoms with Crippen LogP contribution in [0.1, 0.15) is 32.8 Å². The minimum absolute atomic E-state index is 0. The Morgan fingerprint density at radius 1 is 1.30 bits per heavy atom. The van der Waals surface area contributed by atoms with Crippen molar-refractivity contribution in [3.8, 4) is 11.5 Å². The van der Waals surface area contributed by atoms with Gasteiger partial charge in [-0.25, -0.2) is 4.68 Å². The van der Waals surface area contributed by atoms with Crippen LogP contribution in [0.3, 0.4) is 0 Å². The van der Waals surface area contributed by atoms with Gasteiger partial charge in [-0.15, -0.1) is 17.5 Å². The molecular weight excluding hydrogens is 428 g/mol. The van der Waals surface area contributed by atoms with Crippen LogP contribution in [0.25, 0.3) is 0 Å². The molecule has 0 spiro atoms. The molecule has 0 radical (unpaired) electrons. The molecule has 2 aromatic rings. The Labute approximate surface area is 188 Å². The molecular formula is C19H31ClN6O3S. The third-order valence-corrected chi connectivity index (χ3v) is 4.87. The van der Waals surface area contributed by atoms with E-state index in [0.29, 0.717) is 18.0 Å². The molecule has 0 bridgehead atoms. The van der Waals surface area contributed by atoms with Gasteiger partial charge in [0.25, 0.3) is 5.91 Å². The number of tetrazole rings is 1. The number of thioether (sulfide) groups is 1. The molecule has 0 atom stereocenters. The highest BCUT2D eigenvalue weighted by atomic mass is 35.5. The van der Waals surface area contributed by atoms with E-state index in [2.05, 4.69) is 26.2 Å². The Morgan fingerprint density at radius 3 is 2.70 bits per heavy atom. The molecule has 2 rings (SSSR count). The average molecular weight is 459 g/mol. The molecule has 1 amide bonds. The van der Waals surface area contributed by atoms with Crippen LogP contribution in [0.2, 0.25) is 0 Å². The van der Waals surface area contributed by atoms with Gasteiger partial charge in [-0.05, 0) is 50.2 Å². The molecule has 11 heteroatoms. The van der Waals surface area contributed by atoms with Gasteiger partial charge in [-0.2, -0.15) is 0 Å². The third-order valence-electron chi connectivity index (χ3n) is 3.77. The highest BCUT2D eigenvalue weighted by Crippen LogP contribution is 2.31. The predicted octanol–water partition coefficient (Wildman–Crippen LogP) is 2.21. The number of nitrogens with zero attached hydrogens (tertiary/aromatic N) is 4. The highest BCUT2D eigenvalue weighted by molar-refractivity contribution is 7.99. The second kappa shape index (κ2) is 12.6. The van der Waals surface area contributed by atoms with Crippen molar-refractivity contribution in [3.05, 3.63) is 23.8 Å². The zero-order chi connectivity index (χ0) is 21.3. The molecule has 0 aliphatic heterocycles. The minimum Gasteiger partial charge on any atom is -0.493 e. The molecule has 0 aliphatic carbocycles. The number of nitrogens with one attached hydrogen (secondary N) is 2. The normalized spacial score (nSPS) is 11.0. The summed E-state index contributed by atoms with van der Waals surface area (Å²) >= 11 is 1.62. The SMILES string of the molecule is COc1cccc(CNCCCSc2nnnn2C)c1OCC(=O)NC(C)(C)C.Cl. The van der Waals surface area contributed by atoms with E-state index in [1.807, 2.05) is 46.0 Å². The number of para-hydroxylation sites is 1. The summed E-state index contributed by atoms with van der Waals surface area (Å²) in [6, 6.07) is 5.70. The molecule has 0 saturated heterocycles. The van der Waals surface area contributed by atoms with E-state index in [1.165, 1.54) is 0 Å². The Bertz CT molecular complexity index is 797. The monoisotopic (exact) mass is 458 g/mol. The van der Waals surface area contributed by atoms with Crippen molar-refractivity contribution in [1.29, 1.82) is 0 Å². The number of carbonyl (C=O) groups is 1. The van der Waals surface area contributed by atoms with Crippen molar-refractivity contribution < 1.29 is 14.3 Å². The van der Waals surface area contributed by atoms with Gasteiger partial charge < -0.3 is 20.1 Å². The predicted molar refractivity (Wildman–Crippen MR) is 119 cm³/mol. The van der Waals surface area contributed by atoms with Gasteiger partial charge >= 0.3 is 0 Å². The van der Waals surface area contributed by atoms with E-state index in [0.717, 1.165) is 29.4 Å². The molecule has 2 N–H and O–H groups in total. The summed E-state index contributed by atoms with van der Waals surface area (Å²) in [5.41, 5.74) is 0.642. The number of aryl methyl sites for hydroxylation is 1. The second-order valence-corrected chi connectivity index (χ2v) is 8.56. The number of aromatic nitrogens is 4. The maximum atomic E-state index is 12.1. The number of rotatable bonds is 11. The largest absolute Gasteiger partial charge is 0.493 e. The Hall–Kier alpha value is -2.04. The molecule has 0 fully saturated rings. The molecule has 30 heavy (non-hydrogen) atoms. The van der Waals surface area contributed by atoms with Crippen molar-refractivity contribution >= 4 is 30.1 Å². The first-order chi connectivity index (χ1) is 13.8. The van der Waals surface area contributed by atoms with Crippen molar-refractivity contribution in [2.45, 2.75) is 44.4 Å². The molecule has 0 saturated carbocycles. The van der Waals surface area contributed by atoms with Crippen LogP contribution in [-0.4, -0.2) is 57.7 Å². The fourth-order valence-corrected chi connectivity index (χ4v) is 3.33. The number of hydrogen-bond donors (Lipinski definition) is 2. The van der Waals surface area contributed by atoms with Crippen LogP contribution in [-0.2, 0) is 18.4 Å². The summed E-state index contributed by atoms with van der Waals surface area (Å²) in [4.78, 5) is 12.1. The maximum Gasteiger partial charge on any atom is 0.258 e. The van der Waals surface area contributed by atoms with Crippen LogP contribution >= 0.6 is 24.2 Å². The molecule has 0 unspecified atom stereocenters. The van der Waals surface area contributed by atoms with Crippen LogP contribution < -0.4 is 20.1 Å². The van der Waals surface area contributed by atoms with E-state index < -0.39 is 0 Å². The molecule has 1 aromatic heterocycles. The van der Waals surface area contributed by atoms with Crippen LogP contribution in [0, 0.1) is 0 Å². The van der Waals surface area contributed by atoms with E-state index in [1.54, 1.807) is 23.6 Å². The van der Waals surface area contributed by atoms with Gasteiger partial charge in [0.2, 0.25) is 5.16 Å². The minimum atomic E-state index is -0.301. The lowest BCUT2D eigenvalue weighted by molar-refractivity contribution is -0.124. The number of carbonyl (C=O) groups excluding carboxylic acids is 1. The smallest absolute Gasteiger partial charge is 0.258 e. The number of benzene rings is 1. The lowest BCUT2D eigenvalue weighted by atomic mass is 10.1. The number of ether oxygens (including phenoxy) is 2. The van der Waals surface area contributed by atoms with Gasteiger partial charge in [-0.3, -0.25) is 4.79 Å². The summed E-state index contributed by atoms with van der Waals surface area (Å²) in [5, 5.41) is 18.5. The van der Waals surface area contributed by atoms with Crippen molar-refractivity contribution in [2.75, 3.05) is 26.0 Å². The Morgan fingerprint density at radius 2 is 2.07 bits per heavy atom. The quantitative estimate of drug-likeness (QED) is 0.390. The van der Waals surface area contributed by atoms with Crippen molar-refractivity contribution in [1.82, 2.24) is 30.8 Å². The fraction of sp³-hybridized carbons (Fsp3) is 0.579. The average Bonchev–Trinajstić information content (AvgIpc) is 3.06. The topological polar surface area (TPSA) is 103 Å². The van der Waals surface area contributed by atoms with Crippen molar-refractivity contribution in [3.63, 3.8) is 0 Å². The van der Waals surface area contributed by atoms with Gasteiger partial charge in [0.05, 0.1) is 7.11 Å². The zero-order valence-corrected chi connectivity index (χ0v) is 19.7. The number of amides is 1. The van der Waals surface area contributed by atoms with Gasteiger partial charge in [0, 0.05) is 30.4 Å². The lowest BCUT2D eigenvalue weighted by Gasteiger charge is -2.21. The molecule has 1 aromatic carbocycles. The van der Waals surface area contributed by atoms with Gasteiger partial charge in [-0.1, -0.05) is 23.9 Å². The summed E-state index contributed by atoms with van der Waals surface area (Å²) in [6.07, 6.45) is 0.964. The number of methoxy groups -OCH3 is 1. The standard InChI is InChI=1S/C19H30N6O3S.ClH/c1-19(2,3)21-16(26)13-28-17-14(8-6-9-15(17)27-5)12-20-10-7-11-29-18-22-23-24-25(18)4;/h6,8-9,20H,7,10-13H2,1-5H3,(H,21,26);1H. The third kappa shape index (κ3) is 8.76. The van der Waals surface area contributed by atoms with Crippen LogP contribution in [0.5, 0.6) is 11.5 Å². The maximum absolute atomic E-state index is 12.1. The summed E-state index contributed by atoms with van der Waals surface area (Å²) in [7, 11) is 3.42. The fourth-order valence-electron chi connectivity index (χ4n) is 2.54. The summed E-state index contributed by atoms with van der Waals surface area (Å²) in [5.74, 6) is 1.94.